The lowest BCUT2D eigenvalue weighted by Gasteiger charge is -2.31. The summed E-state index contributed by atoms with van der Waals surface area (Å²) in [6, 6.07) is 9.68. The van der Waals surface area contributed by atoms with Crippen LogP contribution in [0, 0.1) is 12.8 Å². The first-order chi connectivity index (χ1) is 16.0. The van der Waals surface area contributed by atoms with E-state index in [1.54, 1.807) is 7.11 Å². The lowest BCUT2D eigenvalue weighted by molar-refractivity contribution is -0.126. The van der Waals surface area contributed by atoms with Crippen molar-refractivity contribution in [1.29, 1.82) is 0 Å². The highest BCUT2D eigenvalue weighted by molar-refractivity contribution is 7.20. The molecule has 2 amide bonds. The Kier molecular flexibility index (Phi) is 7.67. The van der Waals surface area contributed by atoms with E-state index >= 15 is 0 Å². The lowest BCUT2D eigenvalue weighted by Crippen LogP contribution is -2.43. The monoisotopic (exact) mass is 488 g/mol. The number of rotatable bonds is 8. The summed E-state index contributed by atoms with van der Waals surface area (Å²) in [7, 11) is 1.65. The van der Waals surface area contributed by atoms with Gasteiger partial charge in [0.25, 0.3) is 5.91 Å². The van der Waals surface area contributed by atoms with Crippen LogP contribution in [0.5, 0.6) is 0 Å². The predicted molar refractivity (Wildman–Crippen MR) is 131 cm³/mol. The largest absolute Gasteiger partial charge is 0.385 e. The molecule has 0 saturated carbocycles. The summed E-state index contributed by atoms with van der Waals surface area (Å²) in [6.07, 6.45) is 2.18. The number of carbonyl (C=O) groups excluding carboxylic acids is 2. The van der Waals surface area contributed by atoms with Crippen molar-refractivity contribution in [2.24, 2.45) is 5.92 Å². The molecule has 1 fully saturated rings. The fourth-order valence-corrected chi connectivity index (χ4v) is 5.51. The Morgan fingerprint density at radius 2 is 2.03 bits per heavy atom. The van der Waals surface area contributed by atoms with E-state index in [9.17, 15) is 9.59 Å². The third-order valence-electron chi connectivity index (χ3n) is 6.07. The molecule has 1 aliphatic heterocycles. The molecule has 2 aromatic heterocycles. The molecule has 3 heterocycles. The third-order valence-corrected chi connectivity index (χ3v) is 7.58. The van der Waals surface area contributed by atoms with Crippen molar-refractivity contribution in [3.63, 3.8) is 0 Å². The lowest BCUT2D eigenvalue weighted by atomic mass is 9.95. The Morgan fingerprint density at radius 1 is 1.27 bits per heavy atom. The molecule has 7 nitrogen and oxygen atoms in total. The molecular weight excluding hydrogens is 460 g/mol. The number of ether oxygens (including phenoxy) is 1. The Bertz CT molecular complexity index is 1130. The van der Waals surface area contributed by atoms with Crippen LogP contribution in [-0.4, -0.2) is 59.8 Å². The molecule has 0 unspecified atom stereocenters. The highest BCUT2D eigenvalue weighted by Crippen LogP contribution is 2.31. The van der Waals surface area contributed by atoms with Gasteiger partial charge in [-0.1, -0.05) is 29.8 Å². The molecule has 0 radical (unpaired) electrons. The fourth-order valence-electron chi connectivity index (χ4n) is 4.19. The van der Waals surface area contributed by atoms with Crippen molar-refractivity contribution in [3.8, 4) is 0 Å². The maximum atomic E-state index is 13.2. The van der Waals surface area contributed by atoms with Gasteiger partial charge >= 0.3 is 0 Å². The van der Waals surface area contributed by atoms with E-state index < -0.39 is 0 Å². The molecule has 9 heteroatoms. The van der Waals surface area contributed by atoms with Gasteiger partial charge in [-0.05, 0) is 43.9 Å². The average molecular weight is 489 g/mol. The standard InChI is InChI=1S/C24H29ClN4O3S/c1-16-19-14-21(33-24(19)29(27-16)15-18-6-3-4-7-20(18)25)23(31)28-11-8-17(9-12-28)22(30)26-10-5-13-32-2/h3-4,6-7,14,17H,5,8-13,15H2,1-2H3,(H,26,30). The van der Waals surface area contributed by atoms with Crippen LogP contribution < -0.4 is 5.32 Å². The van der Waals surface area contributed by atoms with E-state index in [0.717, 1.165) is 27.9 Å². The molecule has 1 aliphatic rings. The normalized spacial score (nSPS) is 14.7. The van der Waals surface area contributed by atoms with Crippen LogP contribution >= 0.6 is 22.9 Å². The van der Waals surface area contributed by atoms with Crippen molar-refractivity contribution in [3.05, 3.63) is 51.5 Å². The number of hydrogen-bond donors (Lipinski definition) is 1. The number of nitrogens with one attached hydrogen (secondary N) is 1. The first kappa shape index (κ1) is 23.7. The first-order valence-electron chi connectivity index (χ1n) is 11.2. The molecule has 3 aromatic rings. The van der Waals surface area contributed by atoms with E-state index in [2.05, 4.69) is 10.4 Å². The topological polar surface area (TPSA) is 76.5 Å². The molecule has 0 bridgehead atoms. The predicted octanol–water partition coefficient (Wildman–Crippen LogP) is 4.11. The van der Waals surface area contributed by atoms with Crippen LogP contribution in [-0.2, 0) is 16.1 Å². The van der Waals surface area contributed by atoms with Gasteiger partial charge in [0.2, 0.25) is 5.91 Å². The highest BCUT2D eigenvalue weighted by Gasteiger charge is 2.29. The van der Waals surface area contributed by atoms with Crippen molar-refractivity contribution in [2.45, 2.75) is 32.7 Å². The maximum Gasteiger partial charge on any atom is 0.264 e. The summed E-state index contributed by atoms with van der Waals surface area (Å²) in [5.74, 6) is 0.0691. The van der Waals surface area contributed by atoms with Gasteiger partial charge in [-0.15, -0.1) is 11.3 Å². The zero-order valence-electron chi connectivity index (χ0n) is 19.0. The Labute approximate surface area is 202 Å². The Morgan fingerprint density at radius 3 is 2.76 bits per heavy atom. The Hall–Kier alpha value is -2.42. The van der Waals surface area contributed by atoms with Crippen molar-refractivity contribution in [2.75, 3.05) is 33.4 Å². The zero-order valence-corrected chi connectivity index (χ0v) is 20.5. The van der Waals surface area contributed by atoms with Crippen molar-refractivity contribution in [1.82, 2.24) is 20.0 Å². The van der Waals surface area contributed by atoms with Gasteiger partial charge in [0.05, 0.1) is 17.1 Å². The van der Waals surface area contributed by atoms with E-state index in [4.69, 9.17) is 16.3 Å². The van der Waals surface area contributed by atoms with Gasteiger partial charge in [0.15, 0.2) is 0 Å². The molecule has 0 aliphatic carbocycles. The summed E-state index contributed by atoms with van der Waals surface area (Å²) in [4.78, 5) is 29.1. The fraction of sp³-hybridized carbons (Fsp3) is 0.458. The van der Waals surface area contributed by atoms with Crippen LogP contribution in [0.15, 0.2) is 30.3 Å². The molecule has 1 saturated heterocycles. The van der Waals surface area contributed by atoms with Crippen LogP contribution in [0.25, 0.3) is 10.2 Å². The van der Waals surface area contributed by atoms with Crippen LogP contribution in [0.1, 0.15) is 40.2 Å². The second kappa shape index (κ2) is 10.7. The SMILES string of the molecule is COCCCNC(=O)C1CCN(C(=O)c2cc3c(C)nn(Cc4ccccc4Cl)c3s2)CC1. The van der Waals surface area contributed by atoms with E-state index in [-0.39, 0.29) is 17.7 Å². The molecule has 1 aromatic carbocycles. The van der Waals surface area contributed by atoms with E-state index in [0.29, 0.717) is 55.5 Å². The number of methoxy groups -OCH3 is 1. The zero-order chi connectivity index (χ0) is 23.4. The van der Waals surface area contributed by atoms with Crippen LogP contribution in [0.2, 0.25) is 5.02 Å². The minimum absolute atomic E-state index is 0.0267. The molecule has 176 valence electrons. The Balaban J connectivity index is 1.40. The number of hydrogen-bond acceptors (Lipinski definition) is 5. The number of likely N-dealkylation sites (tertiary alicyclic amines) is 1. The molecule has 0 spiro atoms. The number of aryl methyl sites for hydroxylation is 1. The van der Waals surface area contributed by atoms with Gasteiger partial charge in [-0.3, -0.25) is 14.3 Å². The van der Waals surface area contributed by atoms with Gasteiger partial charge < -0.3 is 15.0 Å². The summed E-state index contributed by atoms with van der Waals surface area (Å²) >= 11 is 7.80. The molecule has 0 atom stereocenters. The quantitative estimate of drug-likeness (QED) is 0.484. The smallest absolute Gasteiger partial charge is 0.264 e. The molecule has 1 N–H and O–H groups in total. The second-order valence-electron chi connectivity index (χ2n) is 8.37. The minimum atomic E-state index is -0.0366. The summed E-state index contributed by atoms with van der Waals surface area (Å²) in [6.45, 7) is 4.96. The summed E-state index contributed by atoms with van der Waals surface area (Å²) in [5, 5.41) is 9.34. The molecule has 4 rings (SSSR count). The van der Waals surface area contributed by atoms with E-state index in [1.165, 1.54) is 11.3 Å². The van der Waals surface area contributed by atoms with Crippen molar-refractivity contribution < 1.29 is 14.3 Å². The molecule has 33 heavy (non-hydrogen) atoms. The number of piperidine rings is 1. The van der Waals surface area contributed by atoms with Crippen LogP contribution in [0.3, 0.4) is 0 Å². The van der Waals surface area contributed by atoms with Crippen molar-refractivity contribution >= 4 is 45.0 Å². The van der Waals surface area contributed by atoms with E-state index in [1.807, 2.05) is 46.8 Å². The maximum absolute atomic E-state index is 13.2. The van der Waals surface area contributed by atoms with Gasteiger partial charge in [-0.25, -0.2) is 0 Å². The first-order valence-corrected chi connectivity index (χ1v) is 12.4. The number of thiophene rings is 1. The number of fused-ring (bicyclic) bond motifs is 1. The number of amides is 2. The van der Waals surface area contributed by atoms with Gasteiger partial charge in [0, 0.05) is 49.7 Å². The number of aromatic nitrogens is 2. The minimum Gasteiger partial charge on any atom is -0.385 e. The highest BCUT2D eigenvalue weighted by atomic mass is 35.5. The molecular formula is C24H29ClN4O3S. The number of carbonyl (C=O) groups is 2. The number of benzene rings is 1. The number of halogens is 1. The summed E-state index contributed by atoms with van der Waals surface area (Å²) < 4.78 is 6.94. The third kappa shape index (κ3) is 5.39. The van der Waals surface area contributed by atoms with Gasteiger partial charge in [0.1, 0.15) is 4.83 Å². The summed E-state index contributed by atoms with van der Waals surface area (Å²) in [5.41, 5.74) is 1.89. The van der Waals surface area contributed by atoms with Crippen LogP contribution in [0.4, 0.5) is 0 Å². The second-order valence-corrected chi connectivity index (χ2v) is 9.81. The average Bonchev–Trinajstić information content (AvgIpc) is 3.39. The number of nitrogens with zero attached hydrogens (tertiary/aromatic N) is 3. The van der Waals surface area contributed by atoms with Gasteiger partial charge in [-0.2, -0.15) is 5.10 Å².